The van der Waals surface area contributed by atoms with E-state index in [9.17, 15) is 19.5 Å². The van der Waals surface area contributed by atoms with Crippen LogP contribution in [0.4, 0.5) is 0 Å². The molecule has 0 unspecified atom stereocenters. The van der Waals surface area contributed by atoms with Gasteiger partial charge in [-0.05, 0) is 38.5 Å². The lowest BCUT2D eigenvalue weighted by Crippen LogP contribution is -2.53. The summed E-state index contributed by atoms with van der Waals surface area (Å²) >= 11 is 0. The van der Waals surface area contributed by atoms with E-state index in [0.717, 1.165) is 38.5 Å². The third-order valence-corrected chi connectivity index (χ3v) is 5.78. The highest BCUT2D eigenvalue weighted by Gasteiger charge is 2.28. The largest absolute Gasteiger partial charge is 0.550 e. The van der Waals surface area contributed by atoms with Crippen LogP contribution < -0.4 is 5.11 Å². The number of carboxylic acids is 3. The maximum absolute atomic E-state index is 11.0. The zero-order valence-corrected chi connectivity index (χ0v) is 19.4. The van der Waals surface area contributed by atoms with Crippen LogP contribution in [0, 0.1) is 0 Å². The van der Waals surface area contributed by atoms with E-state index in [1.54, 1.807) is 0 Å². The average Bonchev–Trinajstić information content (AvgIpc) is 2.72. The topological polar surface area (TPSA) is 115 Å². The van der Waals surface area contributed by atoms with Gasteiger partial charge in [-0.15, -0.1) is 0 Å². The van der Waals surface area contributed by atoms with E-state index in [-0.39, 0.29) is 43.4 Å². The highest BCUT2D eigenvalue weighted by molar-refractivity contribution is 5.67. The summed E-state index contributed by atoms with van der Waals surface area (Å²) in [5, 5.41) is 29.1. The zero-order chi connectivity index (χ0) is 23.4. The third-order valence-electron chi connectivity index (χ3n) is 5.78. The molecule has 180 valence electrons. The quantitative estimate of drug-likeness (QED) is 0.150. The van der Waals surface area contributed by atoms with E-state index >= 15 is 0 Å². The molecule has 0 atom stereocenters. The number of carbonyl (C=O) groups excluding carboxylic acids is 1. The average molecular weight is 442 g/mol. The number of carboxylic acid groups (broad SMARTS) is 3. The second kappa shape index (κ2) is 18.8. The Hall–Kier alpha value is -1.89. The van der Waals surface area contributed by atoms with Gasteiger partial charge >= 0.3 is 11.9 Å². The van der Waals surface area contributed by atoms with Gasteiger partial charge < -0.3 is 24.6 Å². The first-order valence-electron chi connectivity index (χ1n) is 11.9. The molecular weight excluding hydrogens is 398 g/mol. The molecule has 0 heterocycles. The summed E-state index contributed by atoms with van der Waals surface area (Å²) in [6, 6.07) is 0. The van der Waals surface area contributed by atoms with Crippen LogP contribution in [-0.4, -0.2) is 58.8 Å². The van der Waals surface area contributed by atoms with Gasteiger partial charge in [-0.25, -0.2) is 0 Å². The summed E-state index contributed by atoms with van der Waals surface area (Å²) in [5.74, 6) is -3.10. The number of nitrogens with zero attached hydrogens (tertiary/aromatic N) is 1. The maximum atomic E-state index is 11.0. The fourth-order valence-corrected chi connectivity index (χ4v) is 3.83. The van der Waals surface area contributed by atoms with Crippen LogP contribution in [-0.2, 0) is 14.4 Å². The van der Waals surface area contributed by atoms with Crippen LogP contribution in [0.15, 0.2) is 12.2 Å². The Morgan fingerprint density at radius 2 is 1.13 bits per heavy atom. The highest BCUT2D eigenvalue weighted by Crippen LogP contribution is 2.16. The number of hydrogen-bond acceptors (Lipinski definition) is 4. The predicted octanol–water partition coefficient (Wildman–Crippen LogP) is 3.76. The molecule has 0 aromatic heterocycles. The summed E-state index contributed by atoms with van der Waals surface area (Å²) in [7, 11) is 0. The van der Waals surface area contributed by atoms with Crippen molar-refractivity contribution in [2.45, 2.75) is 96.8 Å². The normalized spacial score (nSPS) is 11.8. The van der Waals surface area contributed by atoms with E-state index in [1.807, 2.05) is 0 Å². The van der Waals surface area contributed by atoms with Crippen LogP contribution in [0.3, 0.4) is 0 Å². The van der Waals surface area contributed by atoms with Crippen molar-refractivity contribution in [2.75, 3.05) is 26.2 Å². The molecule has 0 aliphatic heterocycles. The maximum Gasteiger partial charge on any atom is 0.309 e. The molecule has 0 saturated heterocycles. The minimum absolute atomic E-state index is 0.101. The predicted molar refractivity (Wildman–Crippen MR) is 119 cm³/mol. The smallest absolute Gasteiger partial charge is 0.309 e. The van der Waals surface area contributed by atoms with Crippen LogP contribution >= 0.6 is 0 Å². The van der Waals surface area contributed by atoms with Crippen LogP contribution in [0.2, 0.25) is 0 Å². The lowest BCUT2D eigenvalue weighted by Gasteiger charge is -2.38. The summed E-state index contributed by atoms with van der Waals surface area (Å²) in [6.07, 6.45) is 16.8. The van der Waals surface area contributed by atoms with Gasteiger partial charge in [0.25, 0.3) is 0 Å². The van der Waals surface area contributed by atoms with E-state index in [1.165, 1.54) is 32.1 Å². The molecule has 0 saturated carbocycles. The van der Waals surface area contributed by atoms with E-state index < -0.39 is 17.9 Å². The Morgan fingerprint density at radius 3 is 1.58 bits per heavy atom. The third kappa shape index (κ3) is 18.6. The molecule has 0 aromatic rings. The number of unbranched alkanes of at least 4 members (excludes halogenated alkanes) is 9. The molecule has 0 rings (SSSR count). The van der Waals surface area contributed by atoms with Crippen molar-refractivity contribution in [3.63, 3.8) is 0 Å². The summed E-state index contributed by atoms with van der Waals surface area (Å²) in [4.78, 5) is 33.1. The van der Waals surface area contributed by atoms with E-state index in [0.29, 0.717) is 6.54 Å². The Bertz CT molecular complexity index is 487. The zero-order valence-electron chi connectivity index (χ0n) is 19.4. The number of hydrogen-bond donors (Lipinski definition) is 2. The second-order valence-corrected chi connectivity index (χ2v) is 8.52. The fourth-order valence-electron chi connectivity index (χ4n) is 3.83. The van der Waals surface area contributed by atoms with Crippen molar-refractivity contribution < 1.29 is 34.2 Å². The van der Waals surface area contributed by atoms with Crippen LogP contribution in [0.1, 0.15) is 96.8 Å². The number of carbonyl (C=O) groups is 3. The van der Waals surface area contributed by atoms with E-state index in [2.05, 4.69) is 19.1 Å². The molecule has 31 heavy (non-hydrogen) atoms. The van der Waals surface area contributed by atoms with E-state index in [4.69, 9.17) is 10.2 Å². The number of aliphatic carboxylic acids is 3. The first kappa shape index (κ1) is 29.1. The summed E-state index contributed by atoms with van der Waals surface area (Å²) in [5.41, 5.74) is 0. The molecule has 0 aromatic carbocycles. The monoisotopic (exact) mass is 441 g/mol. The Kier molecular flexibility index (Phi) is 17.7. The van der Waals surface area contributed by atoms with Gasteiger partial charge in [0.1, 0.15) is 0 Å². The first-order valence-corrected chi connectivity index (χ1v) is 11.9. The van der Waals surface area contributed by atoms with Gasteiger partial charge in [-0.3, -0.25) is 9.59 Å². The molecular formula is C24H43NO6. The molecule has 0 radical (unpaired) electrons. The SMILES string of the molecule is CCCCCCC/C=C/CCCCCC[N+](CCC(=O)[O-])(CCC(=O)O)CCC(=O)O. The fraction of sp³-hybridized carbons (Fsp3) is 0.792. The van der Waals surface area contributed by atoms with Crippen molar-refractivity contribution in [3.8, 4) is 0 Å². The lowest BCUT2D eigenvalue weighted by molar-refractivity contribution is -0.927. The van der Waals surface area contributed by atoms with Crippen LogP contribution in [0.5, 0.6) is 0 Å². The molecule has 0 bridgehead atoms. The lowest BCUT2D eigenvalue weighted by atomic mass is 10.1. The van der Waals surface area contributed by atoms with Crippen molar-refractivity contribution in [1.29, 1.82) is 0 Å². The standard InChI is InChI=1S/C24H43NO6/c1-2-3-4-5-6-7-8-9-10-11-12-13-14-18-25(19-15-22(26)27,20-16-23(28)29)21-17-24(30)31/h8-9H,2-7,10-21H2,1H3,(H2-,26,27,28,29,30,31)/b9-8+. The number of allylic oxidation sites excluding steroid dienone is 2. The number of rotatable bonds is 22. The molecule has 2 N–H and O–H groups in total. The van der Waals surface area contributed by atoms with Crippen molar-refractivity contribution in [1.82, 2.24) is 0 Å². The second-order valence-electron chi connectivity index (χ2n) is 8.52. The Morgan fingerprint density at radius 1 is 0.677 bits per heavy atom. The molecule has 7 heteroatoms. The Labute approximate surface area is 187 Å². The molecule has 0 aliphatic rings. The van der Waals surface area contributed by atoms with Gasteiger partial charge in [0.05, 0.1) is 39.0 Å². The molecule has 0 fully saturated rings. The molecule has 7 nitrogen and oxygen atoms in total. The van der Waals surface area contributed by atoms with Gasteiger partial charge in [-0.1, -0.05) is 51.2 Å². The molecule has 0 aliphatic carbocycles. The minimum atomic E-state index is -1.19. The first-order chi connectivity index (χ1) is 14.8. The van der Waals surface area contributed by atoms with Gasteiger partial charge in [0, 0.05) is 12.4 Å². The Balaban J connectivity index is 4.32. The highest BCUT2D eigenvalue weighted by atomic mass is 16.4. The summed E-state index contributed by atoms with van der Waals surface area (Å²) in [6.45, 7) is 3.53. The van der Waals surface area contributed by atoms with Gasteiger partial charge in [0.15, 0.2) is 0 Å². The van der Waals surface area contributed by atoms with Crippen molar-refractivity contribution >= 4 is 17.9 Å². The summed E-state index contributed by atoms with van der Waals surface area (Å²) < 4.78 is 0.213. The number of quaternary nitrogens is 1. The van der Waals surface area contributed by atoms with Crippen molar-refractivity contribution in [2.24, 2.45) is 0 Å². The van der Waals surface area contributed by atoms with Crippen molar-refractivity contribution in [3.05, 3.63) is 12.2 Å². The van der Waals surface area contributed by atoms with Gasteiger partial charge in [0.2, 0.25) is 0 Å². The van der Waals surface area contributed by atoms with Gasteiger partial charge in [-0.2, -0.15) is 0 Å². The molecule has 0 spiro atoms. The minimum Gasteiger partial charge on any atom is -0.550 e. The molecule has 0 amide bonds. The van der Waals surface area contributed by atoms with Crippen LogP contribution in [0.25, 0.3) is 0 Å².